The Balaban J connectivity index is 3.03. The first-order valence-corrected chi connectivity index (χ1v) is 4.92. The molecule has 1 aromatic rings. The minimum Gasteiger partial charge on any atom is -0.458 e. The van der Waals surface area contributed by atoms with E-state index in [0.29, 0.717) is 5.56 Å². The van der Waals surface area contributed by atoms with Crippen LogP contribution in [0.5, 0.6) is 0 Å². The highest BCUT2D eigenvalue weighted by molar-refractivity contribution is 5.92. The number of esters is 1. The standard InChI is InChI=1S/C13H16O2/c1-5-6-15-13(14)12-10(3)7-9(2)8-11(12)4/h5,7-8H,1,6H2,2-4H3. The molecule has 0 unspecified atom stereocenters. The third kappa shape index (κ3) is 2.69. The van der Waals surface area contributed by atoms with Crippen LogP contribution in [0.3, 0.4) is 0 Å². The third-order valence-corrected chi connectivity index (χ3v) is 2.21. The highest BCUT2D eigenvalue weighted by Gasteiger charge is 2.13. The van der Waals surface area contributed by atoms with Crippen molar-refractivity contribution in [2.24, 2.45) is 0 Å². The molecule has 1 rings (SSSR count). The van der Waals surface area contributed by atoms with Crippen LogP contribution in [0.1, 0.15) is 27.0 Å². The van der Waals surface area contributed by atoms with Crippen LogP contribution in [-0.2, 0) is 4.74 Å². The molecule has 80 valence electrons. The van der Waals surface area contributed by atoms with Gasteiger partial charge in [-0.3, -0.25) is 0 Å². The summed E-state index contributed by atoms with van der Waals surface area (Å²) in [4.78, 5) is 11.7. The van der Waals surface area contributed by atoms with Crippen LogP contribution in [-0.4, -0.2) is 12.6 Å². The average Bonchev–Trinajstić information content (AvgIpc) is 2.12. The smallest absolute Gasteiger partial charge is 0.338 e. The molecule has 0 aliphatic heterocycles. The molecule has 0 saturated carbocycles. The molecule has 2 heteroatoms. The van der Waals surface area contributed by atoms with Crippen molar-refractivity contribution in [3.8, 4) is 0 Å². The van der Waals surface area contributed by atoms with Gasteiger partial charge in [0.25, 0.3) is 0 Å². The second kappa shape index (κ2) is 4.78. The Morgan fingerprint density at radius 2 is 1.87 bits per heavy atom. The van der Waals surface area contributed by atoms with E-state index in [0.717, 1.165) is 16.7 Å². The first-order chi connectivity index (χ1) is 7.06. The third-order valence-electron chi connectivity index (χ3n) is 2.21. The van der Waals surface area contributed by atoms with Crippen molar-refractivity contribution in [2.75, 3.05) is 6.61 Å². The summed E-state index contributed by atoms with van der Waals surface area (Å²) >= 11 is 0. The lowest BCUT2D eigenvalue weighted by molar-refractivity contribution is 0.0548. The summed E-state index contributed by atoms with van der Waals surface area (Å²) in [6.07, 6.45) is 1.57. The number of carbonyl (C=O) groups excluding carboxylic acids is 1. The van der Waals surface area contributed by atoms with Crippen molar-refractivity contribution in [3.63, 3.8) is 0 Å². The van der Waals surface area contributed by atoms with Crippen molar-refractivity contribution in [3.05, 3.63) is 47.0 Å². The molecular formula is C13H16O2. The van der Waals surface area contributed by atoms with E-state index >= 15 is 0 Å². The van der Waals surface area contributed by atoms with Gasteiger partial charge in [-0.2, -0.15) is 0 Å². The van der Waals surface area contributed by atoms with Crippen molar-refractivity contribution in [2.45, 2.75) is 20.8 Å². The Hall–Kier alpha value is -1.57. The number of aryl methyl sites for hydroxylation is 3. The molecule has 0 fully saturated rings. The van der Waals surface area contributed by atoms with E-state index < -0.39 is 0 Å². The van der Waals surface area contributed by atoms with Gasteiger partial charge in [-0.1, -0.05) is 30.4 Å². The SMILES string of the molecule is C=CCOC(=O)c1c(C)cc(C)cc1C. The van der Waals surface area contributed by atoms with Gasteiger partial charge in [-0.05, 0) is 31.9 Å². The van der Waals surface area contributed by atoms with Gasteiger partial charge in [-0.25, -0.2) is 4.79 Å². The largest absolute Gasteiger partial charge is 0.458 e. The molecule has 0 spiro atoms. The second-order valence-electron chi connectivity index (χ2n) is 3.66. The average molecular weight is 204 g/mol. The molecule has 0 N–H and O–H groups in total. The molecule has 15 heavy (non-hydrogen) atoms. The molecule has 0 heterocycles. The minimum atomic E-state index is -0.273. The number of carbonyl (C=O) groups is 1. The van der Waals surface area contributed by atoms with Gasteiger partial charge >= 0.3 is 5.97 Å². The van der Waals surface area contributed by atoms with Crippen LogP contribution >= 0.6 is 0 Å². The van der Waals surface area contributed by atoms with Crippen molar-refractivity contribution >= 4 is 5.97 Å². The molecule has 1 aromatic carbocycles. The van der Waals surface area contributed by atoms with Crippen LogP contribution in [0, 0.1) is 20.8 Å². The molecule has 2 nitrogen and oxygen atoms in total. The Morgan fingerprint density at radius 1 is 1.33 bits per heavy atom. The molecule has 0 radical (unpaired) electrons. The highest BCUT2D eigenvalue weighted by atomic mass is 16.5. The fraction of sp³-hybridized carbons (Fsp3) is 0.308. The molecular weight excluding hydrogens is 188 g/mol. The summed E-state index contributed by atoms with van der Waals surface area (Å²) in [5.41, 5.74) is 3.75. The predicted octanol–water partition coefficient (Wildman–Crippen LogP) is 2.95. The zero-order valence-corrected chi connectivity index (χ0v) is 9.46. The maximum atomic E-state index is 11.7. The Labute approximate surface area is 90.6 Å². The maximum absolute atomic E-state index is 11.7. The van der Waals surface area contributed by atoms with Gasteiger partial charge in [0.1, 0.15) is 6.61 Å². The number of rotatable bonds is 3. The monoisotopic (exact) mass is 204 g/mol. The van der Waals surface area contributed by atoms with Crippen molar-refractivity contribution < 1.29 is 9.53 Å². The van der Waals surface area contributed by atoms with Gasteiger partial charge in [0.05, 0.1) is 5.56 Å². The second-order valence-corrected chi connectivity index (χ2v) is 3.66. The summed E-state index contributed by atoms with van der Waals surface area (Å²) in [7, 11) is 0. The number of ether oxygens (including phenoxy) is 1. The lowest BCUT2D eigenvalue weighted by Crippen LogP contribution is -2.09. The lowest BCUT2D eigenvalue weighted by Gasteiger charge is -2.09. The summed E-state index contributed by atoms with van der Waals surface area (Å²) in [6.45, 7) is 9.62. The van der Waals surface area contributed by atoms with Crippen molar-refractivity contribution in [1.82, 2.24) is 0 Å². The molecule has 0 aliphatic rings. The number of benzene rings is 1. The van der Waals surface area contributed by atoms with Gasteiger partial charge in [0, 0.05) is 0 Å². The normalized spacial score (nSPS) is 9.80. The molecule has 0 amide bonds. The van der Waals surface area contributed by atoms with E-state index in [1.807, 2.05) is 32.9 Å². The summed E-state index contributed by atoms with van der Waals surface area (Å²) in [6, 6.07) is 3.97. The van der Waals surface area contributed by atoms with E-state index in [1.54, 1.807) is 6.08 Å². The van der Waals surface area contributed by atoms with Crippen LogP contribution in [0.25, 0.3) is 0 Å². The Bertz CT molecular complexity index is 369. The Morgan fingerprint density at radius 3 is 2.33 bits per heavy atom. The van der Waals surface area contributed by atoms with Crippen LogP contribution in [0.2, 0.25) is 0 Å². The zero-order valence-electron chi connectivity index (χ0n) is 9.46. The van der Waals surface area contributed by atoms with E-state index in [-0.39, 0.29) is 12.6 Å². The first-order valence-electron chi connectivity index (χ1n) is 4.92. The first kappa shape index (κ1) is 11.5. The van der Waals surface area contributed by atoms with E-state index in [9.17, 15) is 4.79 Å². The summed E-state index contributed by atoms with van der Waals surface area (Å²) < 4.78 is 5.02. The van der Waals surface area contributed by atoms with E-state index in [1.165, 1.54) is 0 Å². The summed E-state index contributed by atoms with van der Waals surface area (Å²) in [5, 5.41) is 0. The predicted molar refractivity (Wildman–Crippen MR) is 61.1 cm³/mol. The minimum absolute atomic E-state index is 0.256. The van der Waals surface area contributed by atoms with Crippen LogP contribution in [0.4, 0.5) is 0 Å². The highest BCUT2D eigenvalue weighted by Crippen LogP contribution is 2.17. The van der Waals surface area contributed by atoms with Gasteiger partial charge in [0.2, 0.25) is 0 Å². The van der Waals surface area contributed by atoms with Crippen LogP contribution in [0.15, 0.2) is 24.8 Å². The lowest BCUT2D eigenvalue weighted by atomic mass is 10.00. The van der Waals surface area contributed by atoms with E-state index in [2.05, 4.69) is 6.58 Å². The molecule has 0 atom stereocenters. The fourth-order valence-corrected chi connectivity index (χ4v) is 1.71. The Kier molecular flexibility index (Phi) is 3.67. The molecule has 0 saturated heterocycles. The number of hydrogen-bond acceptors (Lipinski definition) is 2. The molecule has 0 aliphatic carbocycles. The van der Waals surface area contributed by atoms with Crippen LogP contribution < -0.4 is 0 Å². The molecule has 0 aromatic heterocycles. The van der Waals surface area contributed by atoms with Crippen molar-refractivity contribution in [1.29, 1.82) is 0 Å². The number of hydrogen-bond donors (Lipinski definition) is 0. The quantitative estimate of drug-likeness (QED) is 0.559. The molecule has 0 bridgehead atoms. The maximum Gasteiger partial charge on any atom is 0.338 e. The van der Waals surface area contributed by atoms with Gasteiger partial charge < -0.3 is 4.74 Å². The van der Waals surface area contributed by atoms with Gasteiger partial charge in [-0.15, -0.1) is 0 Å². The topological polar surface area (TPSA) is 26.3 Å². The fourth-order valence-electron chi connectivity index (χ4n) is 1.71. The van der Waals surface area contributed by atoms with E-state index in [4.69, 9.17) is 4.74 Å². The zero-order chi connectivity index (χ0) is 11.4. The summed E-state index contributed by atoms with van der Waals surface area (Å²) in [5.74, 6) is -0.273. The van der Waals surface area contributed by atoms with Gasteiger partial charge in [0.15, 0.2) is 0 Å².